The van der Waals surface area contributed by atoms with E-state index in [0.29, 0.717) is 28.1 Å². The van der Waals surface area contributed by atoms with Gasteiger partial charge in [-0.3, -0.25) is 0 Å². The van der Waals surface area contributed by atoms with Gasteiger partial charge in [-0.1, -0.05) is 23.2 Å². The lowest BCUT2D eigenvalue weighted by Crippen LogP contribution is -2.01. The maximum atomic E-state index is 6.00. The van der Waals surface area contributed by atoms with Crippen LogP contribution in [0.4, 0.5) is 0 Å². The smallest absolute Gasteiger partial charge is 0.164 e. The molecule has 2 rings (SSSR count). The largest absolute Gasteiger partial charge is 0.324 e. The van der Waals surface area contributed by atoms with Crippen LogP contribution < -0.4 is 5.73 Å². The van der Waals surface area contributed by atoms with Crippen LogP contribution in [0.25, 0.3) is 5.69 Å². The minimum absolute atomic E-state index is 0.297. The first-order valence-corrected chi connectivity index (χ1v) is 5.02. The molecule has 0 aliphatic rings. The van der Waals surface area contributed by atoms with E-state index < -0.39 is 0 Å². The molecule has 4 nitrogen and oxygen atoms in total. The Morgan fingerprint density at radius 1 is 1.33 bits per heavy atom. The molecule has 1 heterocycles. The van der Waals surface area contributed by atoms with Gasteiger partial charge >= 0.3 is 0 Å². The molecule has 0 unspecified atom stereocenters. The van der Waals surface area contributed by atoms with Crippen molar-refractivity contribution in [3.63, 3.8) is 0 Å². The number of halogens is 2. The van der Waals surface area contributed by atoms with Gasteiger partial charge in [0.15, 0.2) is 5.82 Å². The number of hydrogen-bond acceptors (Lipinski definition) is 3. The lowest BCUT2D eigenvalue weighted by Gasteiger charge is -2.03. The summed E-state index contributed by atoms with van der Waals surface area (Å²) in [6.45, 7) is 0.297. The van der Waals surface area contributed by atoms with Crippen LogP contribution in [0.5, 0.6) is 0 Å². The van der Waals surface area contributed by atoms with Gasteiger partial charge in [0.25, 0.3) is 0 Å². The number of hydrogen-bond donors (Lipinski definition) is 1. The third-order valence-corrected chi connectivity index (χ3v) is 2.43. The summed E-state index contributed by atoms with van der Waals surface area (Å²) in [4.78, 5) is 4.01. The summed E-state index contributed by atoms with van der Waals surface area (Å²) in [5.74, 6) is 0.561. The molecule has 0 aliphatic carbocycles. The van der Waals surface area contributed by atoms with Crippen molar-refractivity contribution in [2.45, 2.75) is 6.54 Å². The summed E-state index contributed by atoms with van der Waals surface area (Å²) in [6.07, 6.45) is 1.56. The van der Waals surface area contributed by atoms with Crippen LogP contribution in [-0.2, 0) is 6.54 Å². The maximum absolute atomic E-state index is 6.00. The van der Waals surface area contributed by atoms with Gasteiger partial charge in [-0.15, -0.1) is 5.10 Å². The molecule has 2 N–H and O–H groups in total. The van der Waals surface area contributed by atoms with Crippen molar-refractivity contribution in [2.75, 3.05) is 0 Å². The second-order valence-electron chi connectivity index (χ2n) is 2.91. The van der Waals surface area contributed by atoms with Crippen LogP contribution in [0.1, 0.15) is 5.82 Å². The third-order valence-electron chi connectivity index (χ3n) is 1.88. The topological polar surface area (TPSA) is 56.7 Å². The van der Waals surface area contributed by atoms with Crippen molar-refractivity contribution >= 4 is 23.2 Å². The summed E-state index contributed by atoms with van der Waals surface area (Å²) in [5, 5.41) is 5.30. The Balaban J connectivity index is 2.48. The van der Waals surface area contributed by atoms with Crippen LogP contribution in [0.15, 0.2) is 24.5 Å². The third kappa shape index (κ3) is 2.12. The zero-order chi connectivity index (χ0) is 10.8. The minimum Gasteiger partial charge on any atom is -0.324 e. The molecule has 6 heteroatoms. The molecule has 0 atom stereocenters. The first-order chi connectivity index (χ1) is 7.20. The molecular formula is C9H8Cl2N4. The fourth-order valence-electron chi connectivity index (χ4n) is 1.17. The van der Waals surface area contributed by atoms with Crippen molar-refractivity contribution in [3.05, 3.63) is 40.4 Å². The quantitative estimate of drug-likeness (QED) is 0.877. The number of rotatable bonds is 2. The summed E-state index contributed by atoms with van der Waals surface area (Å²) < 4.78 is 1.55. The summed E-state index contributed by atoms with van der Waals surface area (Å²) in [5.41, 5.74) is 6.10. The predicted molar refractivity (Wildman–Crippen MR) is 59.3 cm³/mol. The summed E-state index contributed by atoms with van der Waals surface area (Å²) in [6, 6.07) is 5.15. The lowest BCUT2D eigenvalue weighted by atomic mass is 10.3. The number of aromatic nitrogens is 3. The first kappa shape index (κ1) is 10.4. The van der Waals surface area contributed by atoms with Gasteiger partial charge in [0.2, 0.25) is 0 Å². The fourth-order valence-corrected chi connectivity index (χ4v) is 1.54. The number of benzene rings is 1. The Bertz CT molecular complexity index is 481. The molecular weight excluding hydrogens is 235 g/mol. The second kappa shape index (κ2) is 4.18. The van der Waals surface area contributed by atoms with Gasteiger partial charge in [-0.25, -0.2) is 9.67 Å². The van der Waals surface area contributed by atoms with Gasteiger partial charge in [-0.2, -0.15) is 0 Å². The molecule has 0 saturated carbocycles. The average Bonchev–Trinajstić information content (AvgIpc) is 2.70. The van der Waals surface area contributed by atoms with E-state index >= 15 is 0 Å². The normalized spacial score (nSPS) is 10.6. The van der Waals surface area contributed by atoms with E-state index in [4.69, 9.17) is 28.9 Å². The molecule has 78 valence electrons. The van der Waals surface area contributed by atoms with E-state index in [2.05, 4.69) is 10.1 Å². The molecule has 0 fully saturated rings. The fraction of sp³-hybridized carbons (Fsp3) is 0.111. The van der Waals surface area contributed by atoms with Crippen LogP contribution in [-0.4, -0.2) is 14.8 Å². The Labute approximate surface area is 96.6 Å². The highest BCUT2D eigenvalue weighted by Crippen LogP contribution is 2.23. The van der Waals surface area contributed by atoms with Crippen molar-refractivity contribution < 1.29 is 0 Å². The molecule has 15 heavy (non-hydrogen) atoms. The molecule has 0 amide bonds. The Morgan fingerprint density at radius 2 is 2.13 bits per heavy atom. The summed E-state index contributed by atoms with van der Waals surface area (Å²) >= 11 is 11.9. The van der Waals surface area contributed by atoms with Gasteiger partial charge < -0.3 is 5.73 Å². The molecule has 0 radical (unpaired) electrons. The predicted octanol–water partition coefficient (Wildman–Crippen LogP) is 2.03. The van der Waals surface area contributed by atoms with Crippen LogP contribution in [0.3, 0.4) is 0 Å². The van der Waals surface area contributed by atoms with Gasteiger partial charge in [0, 0.05) is 5.02 Å². The lowest BCUT2D eigenvalue weighted by molar-refractivity contribution is 0.831. The first-order valence-electron chi connectivity index (χ1n) is 4.27. The Hall–Kier alpha value is -1.10. The van der Waals surface area contributed by atoms with Crippen molar-refractivity contribution in [1.82, 2.24) is 14.8 Å². The van der Waals surface area contributed by atoms with E-state index in [1.54, 1.807) is 29.2 Å². The van der Waals surface area contributed by atoms with E-state index in [9.17, 15) is 0 Å². The molecule has 0 bridgehead atoms. The molecule has 0 saturated heterocycles. The van der Waals surface area contributed by atoms with Gasteiger partial charge in [-0.05, 0) is 18.2 Å². The van der Waals surface area contributed by atoms with Crippen LogP contribution >= 0.6 is 23.2 Å². The van der Waals surface area contributed by atoms with E-state index in [1.165, 1.54) is 0 Å². The van der Waals surface area contributed by atoms with Crippen molar-refractivity contribution in [3.8, 4) is 5.69 Å². The zero-order valence-electron chi connectivity index (χ0n) is 7.69. The standard InChI is InChI=1S/C9H8Cl2N4/c10-6-1-2-7(11)8(3-6)15-5-13-9(4-12)14-15/h1-3,5H,4,12H2. The highest BCUT2D eigenvalue weighted by molar-refractivity contribution is 6.34. The monoisotopic (exact) mass is 242 g/mol. The Morgan fingerprint density at radius 3 is 2.80 bits per heavy atom. The zero-order valence-corrected chi connectivity index (χ0v) is 9.20. The number of nitrogens with two attached hydrogens (primary N) is 1. The summed E-state index contributed by atoms with van der Waals surface area (Å²) in [7, 11) is 0. The minimum atomic E-state index is 0.297. The van der Waals surface area contributed by atoms with Crippen molar-refractivity contribution in [1.29, 1.82) is 0 Å². The molecule has 1 aromatic carbocycles. The molecule has 0 spiro atoms. The SMILES string of the molecule is NCc1ncn(-c2cc(Cl)ccc2Cl)n1. The second-order valence-corrected chi connectivity index (χ2v) is 3.75. The Kier molecular flexibility index (Phi) is 2.90. The highest BCUT2D eigenvalue weighted by atomic mass is 35.5. The molecule has 2 aromatic rings. The van der Waals surface area contributed by atoms with E-state index in [1.807, 2.05) is 0 Å². The van der Waals surface area contributed by atoms with E-state index in [-0.39, 0.29) is 0 Å². The highest BCUT2D eigenvalue weighted by Gasteiger charge is 2.06. The maximum Gasteiger partial charge on any atom is 0.164 e. The number of nitrogens with zero attached hydrogens (tertiary/aromatic N) is 3. The van der Waals surface area contributed by atoms with Crippen LogP contribution in [0.2, 0.25) is 10.0 Å². The van der Waals surface area contributed by atoms with Gasteiger partial charge in [0.05, 0.1) is 17.3 Å². The molecule has 0 aliphatic heterocycles. The van der Waals surface area contributed by atoms with Crippen LogP contribution in [0, 0.1) is 0 Å². The molecule has 1 aromatic heterocycles. The van der Waals surface area contributed by atoms with Crippen molar-refractivity contribution in [2.24, 2.45) is 5.73 Å². The van der Waals surface area contributed by atoms with E-state index in [0.717, 1.165) is 0 Å². The van der Waals surface area contributed by atoms with Gasteiger partial charge in [0.1, 0.15) is 6.33 Å². The average molecular weight is 243 g/mol.